The summed E-state index contributed by atoms with van der Waals surface area (Å²) in [5.74, 6) is -1.65. The highest BCUT2D eigenvalue weighted by Crippen LogP contribution is 2.28. The number of hydrogen-bond acceptors (Lipinski definition) is 3. The van der Waals surface area contributed by atoms with Crippen LogP contribution in [0.3, 0.4) is 0 Å². The molecule has 0 radical (unpaired) electrons. The Morgan fingerprint density at radius 3 is 2.82 bits per heavy atom. The monoisotopic (exact) mass is 368 g/mol. The standard InChI is InChI=1S/C15H17BrN2O4/c1-17(6-5-14(20)21)15(22)10-7-13(19)18(9-10)12-4-2-3-11(16)8-12/h2-4,8,10H,5-7,9H2,1H3,(H,20,21). The van der Waals surface area contributed by atoms with Gasteiger partial charge in [-0.25, -0.2) is 0 Å². The van der Waals surface area contributed by atoms with Gasteiger partial charge in [-0.3, -0.25) is 14.4 Å². The molecule has 118 valence electrons. The molecule has 1 heterocycles. The Kier molecular flexibility index (Phi) is 5.18. The third kappa shape index (κ3) is 3.85. The highest BCUT2D eigenvalue weighted by atomic mass is 79.9. The van der Waals surface area contributed by atoms with E-state index in [1.165, 1.54) is 4.90 Å². The Morgan fingerprint density at radius 1 is 1.45 bits per heavy atom. The third-order valence-corrected chi connectivity index (χ3v) is 4.12. The quantitative estimate of drug-likeness (QED) is 0.858. The summed E-state index contributed by atoms with van der Waals surface area (Å²) in [5, 5.41) is 8.66. The minimum atomic E-state index is -0.946. The van der Waals surface area contributed by atoms with E-state index in [1.54, 1.807) is 11.9 Å². The van der Waals surface area contributed by atoms with E-state index in [4.69, 9.17) is 5.11 Å². The van der Waals surface area contributed by atoms with Crippen LogP contribution in [0.1, 0.15) is 12.8 Å². The van der Waals surface area contributed by atoms with Crippen molar-refractivity contribution in [3.05, 3.63) is 28.7 Å². The lowest BCUT2D eigenvalue weighted by Gasteiger charge is -2.21. The third-order valence-electron chi connectivity index (χ3n) is 3.63. The molecule has 0 aromatic heterocycles. The van der Waals surface area contributed by atoms with Gasteiger partial charge >= 0.3 is 5.97 Å². The molecule has 2 amide bonds. The topological polar surface area (TPSA) is 77.9 Å². The van der Waals surface area contributed by atoms with Crippen molar-refractivity contribution in [2.24, 2.45) is 5.92 Å². The van der Waals surface area contributed by atoms with Crippen LogP contribution < -0.4 is 4.90 Å². The van der Waals surface area contributed by atoms with Gasteiger partial charge in [0.05, 0.1) is 12.3 Å². The lowest BCUT2D eigenvalue weighted by atomic mass is 10.1. The Morgan fingerprint density at radius 2 is 2.18 bits per heavy atom. The molecule has 1 unspecified atom stereocenters. The molecular formula is C15H17BrN2O4. The minimum absolute atomic E-state index is 0.0944. The number of rotatable bonds is 5. The number of nitrogens with zero attached hydrogens (tertiary/aromatic N) is 2. The molecule has 1 N–H and O–H groups in total. The van der Waals surface area contributed by atoms with Crippen molar-refractivity contribution in [2.45, 2.75) is 12.8 Å². The SMILES string of the molecule is CN(CCC(=O)O)C(=O)C1CC(=O)N(c2cccc(Br)c2)C1. The molecule has 1 saturated heterocycles. The van der Waals surface area contributed by atoms with Crippen LogP contribution in [0.25, 0.3) is 0 Å². The summed E-state index contributed by atoms with van der Waals surface area (Å²) >= 11 is 3.36. The molecule has 0 spiro atoms. The van der Waals surface area contributed by atoms with Crippen molar-refractivity contribution in [3.8, 4) is 0 Å². The van der Waals surface area contributed by atoms with Crippen molar-refractivity contribution in [2.75, 3.05) is 25.0 Å². The first-order valence-corrected chi connectivity index (χ1v) is 7.70. The molecule has 7 heteroatoms. The maximum absolute atomic E-state index is 12.3. The second-order valence-electron chi connectivity index (χ2n) is 5.29. The molecule has 0 aliphatic carbocycles. The van der Waals surface area contributed by atoms with Crippen LogP contribution in [0.4, 0.5) is 5.69 Å². The zero-order valence-corrected chi connectivity index (χ0v) is 13.7. The van der Waals surface area contributed by atoms with Crippen molar-refractivity contribution in [1.82, 2.24) is 4.90 Å². The highest BCUT2D eigenvalue weighted by Gasteiger charge is 2.36. The smallest absolute Gasteiger partial charge is 0.305 e. The van der Waals surface area contributed by atoms with Crippen LogP contribution in [0.5, 0.6) is 0 Å². The lowest BCUT2D eigenvalue weighted by Crippen LogP contribution is -2.36. The number of carboxylic acids is 1. The van der Waals surface area contributed by atoms with Crippen LogP contribution >= 0.6 is 15.9 Å². The van der Waals surface area contributed by atoms with Gasteiger partial charge in [-0.1, -0.05) is 22.0 Å². The van der Waals surface area contributed by atoms with Gasteiger partial charge in [-0.15, -0.1) is 0 Å². The summed E-state index contributed by atoms with van der Waals surface area (Å²) in [6.07, 6.45) is 0.0566. The minimum Gasteiger partial charge on any atom is -0.481 e. The molecule has 2 rings (SSSR count). The van der Waals surface area contributed by atoms with E-state index >= 15 is 0 Å². The summed E-state index contributed by atoms with van der Waals surface area (Å²) in [7, 11) is 1.57. The van der Waals surface area contributed by atoms with E-state index in [2.05, 4.69) is 15.9 Å². The van der Waals surface area contributed by atoms with Gasteiger partial charge in [0.2, 0.25) is 11.8 Å². The Bertz CT molecular complexity index is 605. The van der Waals surface area contributed by atoms with E-state index in [1.807, 2.05) is 24.3 Å². The first kappa shape index (κ1) is 16.5. The van der Waals surface area contributed by atoms with Crippen LogP contribution in [-0.2, 0) is 14.4 Å². The molecule has 1 aliphatic heterocycles. The van der Waals surface area contributed by atoms with Gasteiger partial charge in [-0.05, 0) is 18.2 Å². The second-order valence-corrected chi connectivity index (χ2v) is 6.20. The number of carbonyl (C=O) groups is 3. The predicted octanol–water partition coefficient (Wildman–Crippen LogP) is 1.74. The molecule has 1 aromatic carbocycles. The van der Waals surface area contributed by atoms with Gasteiger partial charge in [0, 0.05) is 36.7 Å². The Balaban J connectivity index is 2.02. The molecule has 1 aliphatic rings. The number of carboxylic acid groups (broad SMARTS) is 1. The number of aliphatic carboxylic acids is 1. The average molecular weight is 369 g/mol. The molecule has 22 heavy (non-hydrogen) atoms. The van der Waals surface area contributed by atoms with Crippen molar-refractivity contribution < 1.29 is 19.5 Å². The Hall–Kier alpha value is -1.89. The lowest BCUT2D eigenvalue weighted by molar-refractivity contribution is -0.139. The fourth-order valence-corrected chi connectivity index (χ4v) is 2.84. The van der Waals surface area contributed by atoms with Crippen LogP contribution in [0.15, 0.2) is 28.7 Å². The molecule has 1 fully saturated rings. The van der Waals surface area contributed by atoms with Gasteiger partial charge in [0.25, 0.3) is 0 Å². The first-order chi connectivity index (χ1) is 10.4. The van der Waals surface area contributed by atoms with Crippen molar-refractivity contribution >= 4 is 39.4 Å². The summed E-state index contributed by atoms with van der Waals surface area (Å²) in [4.78, 5) is 38.0. The first-order valence-electron chi connectivity index (χ1n) is 6.91. The molecule has 0 bridgehead atoms. The number of carbonyl (C=O) groups excluding carboxylic acids is 2. The largest absolute Gasteiger partial charge is 0.481 e. The highest BCUT2D eigenvalue weighted by molar-refractivity contribution is 9.10. The predicted molar refractivity (Wildman–Crippen MR) is 84.5 cm³/mol. The Labute approximate surface area is 136 Å². The van der Waals surface area contributed by atoms with Crippen molar-refractivity contribution in [3.63, 3.8) is 0 Å². The second kappa shape index (κ2) is 6.91. The van der Waals surface area contributed by atoms with Crippen molar-refractivity contribution in [1.29, 1.82) is 0 Å². The number of halogens is 1. The molecule has 1 atom stereocenters. The fourth-order valence-electron chi connectivity index (χ4n) is 2.45. The van der Waals surface area contributed by atoms with Crippen LogP contribution in [-0.4, -0.2) is 47.9 Å². The number of benzene rings is 1. The molecule has 0 saturated carbocycles. The van der Waals surface area contributed by atoms with Gasteiger partial charge < -0.3 is 14.9 Å². The summed E-state index contributed by atoms with van der Waals surface area (Å²) in [6.45, 7) is 0.473. The number of amides is 2. The van der Waals surface area contributed by atoms with Crippen LogP contribution in [0.2, 0.25) is 0 Å². The zero-order valence-electron chi connectivity index (χ0n) is 12.2. The molecular weight excluding hydrogens is 352 g/mol. The van der Waals surface area contributed by atoms with Crippen LogP contribution in [0, 0.1) is 5.92 Å². The fraction of sp³-hybridized carbons (Fsp3) is 0.400. The molecule has 6 nitrogen and oxygen atoms in total. The number of anilines is 1. The van der Waals surface area contributed by atoms with E-state index in [0.29, 0.717) is 6.54 Å². The maximum atomic E-state index is 12.3. The van der Waals surface area contributed by atoms with E-state index in [-0.39, 0.29) is 31.2 Å². The average Bonchev–Trinajstić information content (AvgIpc) is 2.86. The van der Waals surface area contributed by atoms with E-state index in [0.717, 1.165) is 10.2 Å². The maximum Gasteiger partial charge on any atom is 0.305 e. The zero-order chi connectivity index (χ0) is 16.3. The van der Waals surface area contributed by atoms with E-state index in [9.17, 15) is 14.4 Å². The van der Waals surface area contributed by atoms with Gasteiger partial charge in [0.1, 0.15) is 0 Å². The molecule has 1 aromatic rings. The van der Waals surface area contributed by atoms with Gasteiger partial charge in [0.15, 0.2) is 0 Å². The summed E-state index contributed by atoms with van der Waals surface area (Å²) in [6, 6.07) is 7.36. The van der Waals surface area contributed by atoms with Gasteiger partial charge in [-0.2, -0.15) is 0 Å². The summed E-state index contributed by atoms with van der Waals surface area (Å²) in [5.41, 5.74) is 0.753. The normalized spacial score (nSPS) is 17.6. The number of hydrogen-bond donors (Lipinski definition) is 1. The summed E-state index contributed by atoms with van der Waals surface area (Å²) < 4.78 is 0.867. The van der Waals surface area contributed by atoms with E-state index < -0.39 is 11.9 Å².